The number of hydrogen-bond donors (Lipinski definition) is 0. The second-order valence-electron chi connectivity index (χ2n) is 6.37. The summed E-state index contributed by atoms with van der Waals surface area (Å²) in [6.45, 7) is 2.06. The van der Waals surface area contributed by atoms with Crippen molar-refractivity contribution in [3.8, 4) is 23.0 Å². The lowest BCUT2D eigenvalue weighted by atomic mass is 10.1. The molecule has 4 aromatic rings. The maximum absolute atomic E-state index is 14.1. The van der Waals surface area contributed by atoms with Crippen LogP contribution in [-0.2, 0) is 9.53 Å². The molecule has 0 saturated heterocycles. The molecule has 4 rings (SSSR count). The predicted molar refractivity (Wildman–Crippen MR) is 115 cm³/mol. The average Bonchev–Trinajstić information content (AvgIpc) is 3.24. The van der Waals surface area contributed by atoms with Crippen LogP contribution in [0.2, 0.25) is 0 Å². The van der Waals surface area contributed by atoms with Crippen LogP contribution in [0.1, 0.15) is 12.5 Å². The van der Waals surface area contributed by atoms with Gasteiger partial charge in [-0.15, -0.1) is 11.3 Å². The van der Waals surface area contributed by atoms with E-state index in [2.05, 4.69) is 9.97 Å². The predicted octanol–water partition coefficient (Wildman–Crippen LogP) is 6.01. The minimum atomic E-state index is -0.817. The Bertz CT molecular complexity index is 1270. The number of carbonyl (C=O) groups excluding carboxylic acids is 1. The molecular weight excluding hydrogens is 422 g/mol. The lowest BCUT2D eigenvalue weighted by Crippen LogP contribution is -1.98. The maximum Gasteiger partial charge on any atom is 0.330 e. The van der Waals surface area contributed by atoms with Crippen LogP contribution >= 0.6 is 11.3 Å². The quantitative estimate of drug-likeness (QED) is 0.273. The Morgan fingerprint density at radius 1 is 1.10 bits per heavy atom. The third kappa shape index (κ3) is 4.75. The van der Waals surface area contributed by atoms with Gasteiger partial charge in [0.25, 0.3) is 0 Å². The van der Waals surface area contributed by atoms with Gasteiger partial charge in [-0.3, -0.25) is 0 Å². The molecule has 0 aliphatic rings. The molecule has 0 unspecified atom stereocenters. The normalized spacial score (nSPS) is 11.2. The first-order chi connectivity index (χ1) is 15.0. The van der Waals surface area contributed by atoms with Crippen LogP contribution < -0.4 is 4.74 Å². The molecule has 0 radical (unpaired) electrons. The number of thiophene rings is 1. The van der Waals surface area contributed by atoms with Crippen molar-refractivity contribution in [1.82, 2.24) is 9.97 Å². The first-order valence-electron chi connectivity index (χ1n) is 9.37. The molecule has 8 heteroatoms. The molecular formula is C23H16F2N2O3S. The summed E-state index contributed by atoms with van der Waals surface area (Å²) in [5.74, 6) is -1.46. The Labute approximate surface area is 180 Å². The highest BCUT2D eigenvalue weighted by Crippen LogP contribution is 2.34. The Balaban J connectivity index is 1.65. The van der Waals surface area contributed by atoms with E-state index in [4.69, 9.17) is 9.47 Å². The zero-order valence-electron chi connectivity index (χ0n) is 16.3. The number of aromatic nitrogens is 2. The van der Waals surface area contributed by atoms with Crippen LogP contribution in [0, 0.1) is 11.6 Å². The lowest BCUT2D eigenvalue weighted by molar-refractivity contribution is -0.137. The smallest absolute Gasteiger partial charge is 0.330 e. The molecule has 0 aliphatic carbocycles. The van der Waals surface area contributed by atoms with Crippen LogP contribution in [0.3, 0.4) is 0 Å². The standard InChI is InChI=1S/C23H16F2N2O3S/c1-2-29-20(28)10-5-14-3-6-15(7-4-14)22-26-18-11-12-31-21(18)23(27-22)30-19-9-8-16(24)13-17(19)25/h3-13H,2H2,1H3/b10-5+. The molecule has 0 spiro atoms. The lowest BCUT2D eigenvalue weighted by Gasteiger charge is -2.09. The van der Waals surface area contributed by atoms with Crippen molar-refractivity contribution in [3.05, 3.63) is 77.2 Å². The fraction of sp³-hybridized carbons (Fsp3) is 0.0870. The minimum absolute atomic E-state index is 0.125. The molecule has 5 nitrogen and oxygen atoms in total. The van der Waals surface area contributed by atoms with Gasteiger partial charge in [-0.2, -0.15) is 4.98 Å². The van der Waals surface area contributed by atoms with E-state index in [1.807, 2.05) is 23.6 Å². The fourth-order valence-electron chi connectivity index (χ4n) is 2.79. The molecule has 0 amide bonds. The number of benzene rings is 2. The van der Waals surface area contributed by atoms with Gasteiger partial charge in [0.2, 0.25) is 5.88 Å². The molecule has 0 saturated carbocycles. The summed E-state index contributed by atoms with van der Waals surface area (Å²) < 4.78 is 38.4. The number of ether oxygens (including phenoxy) is 2. The summed E-state index contributed by atoms with van der Waals surface area (Å²) >= 11 is 1.36. The van der Waals surface area contributed by atoms with Gasteiger partial charge in [-0.05, 0) is 42.1 Å². The number of nitrogens with zero attached hydrogens (tertiary/aromatic N) is 2. The van der Waals surface area contributed by atoms with Crippen LogP contribution in [0.5, 0.6) is 11.6 Å². The van der Waals surface area contributed by atoms with E-state index in [1.165, 1.54) is 23.5 Å². The maximum atomic E-state index is 14.1. The van der Waals surface area contributed by atoms with Gasteiger partial charge >= 0.3 is 5.97 Å². The Kier molecular flexibility index (Phi) is 5.99. The summed E-state index contributed by atoms with van der Waals surface area (Å²) in [5.41, 5.74) is 2.17. The molecule has 2 aromatic heterocycles. The van der Waals surface area contributed by atoms with Crippen LogP contribution in [0.15, 0.2) is 60.0 Å². The van der Waals surface area contributed by atoms with Crippen molar-refractivity contribution in [2.75, 3.05) is 6.61 Å². The second kappa shape index (κ2) is 9.01. The average molecular weight is 438 g/mol. The number of rotatable bonds is 6. The van der Waals surface area contributed by atoms with Crippen molar-refractivity contribution in [2.24, 2.45) is 0 Å². The van der Waals surface area contributed by atoms with E-state index in [-0.39, 0.29) is 11.6 Å². The van der Waals surface area contributed by atoms with Gasteiger partial charge in [0.05, 0.1) is 12.1 Å². The Morgan fingerprint density at radius 2 is 1.90 bits per heavy atom. The number of hydrogen-bond acceptors (Lipinski definition) is 6. The number of fused-ring (bicyclic) bond motifs is 1. The first-order valence-corrected chi connectivity index (χ1v) is 10.2. The Hall–Kier alpha value is -3.65. The minimum Gasteiger partial charge on any atom is -0.463 e. The summed E-state index contributed by atoms with van der Waals surface area (Å²) in [7, 11) is 0. The third-order valence-corrected chi connectivity index (χ3v) is 5.13. The highest BCUT2D eigenvalue weighted by Gasteiger charge is 2.15. The molecule has 156 valence electrons. The molecule has 2 heterocycles. The van der Waals surface area contributed by atoms with E-state index >= 15 is 0 Å². The third-order valence-electron chi connectivity index (χ3n) is 4.24. The number of halogens is 2. The van der Waals surface area contributed by atoms with E-state index in [0.29, 0.717) is 28.2 Å². The van der Waals surface area contributed by atoms with Crippen molar-refractivity contribution < 1.29 is 23.0 Å². The van der Waals surface area contributed by atoms with Gasteiger partial charge in [-0.25, -0.2) is 18.6 Å². The van der Waals surface area contributed by atoms with Crippen molar-refractivity contribution in [3.63, 3.8) is 0 Å². The van der Waals surface area contributed by atoms with Crippen LogP contribution in [-0.4, -0.2) is 22.5 Å². The van der Waals surface area contributed by atoms with Gasteiger partial charge in [0.1, 0.15) is 10.5 Å². The highest BCUT2D eigenvalue weighted by atomic mass is 32.1. The van der Waals surface area contributed by atoms with E-state index in [1.54, 1.807) is 25.1 Å². The van der Waals surface area contributed by atoms with Gasteiger partial charge in [-0.1, -0.05) is 24.3 Å². The molecule has 0 bridgehead atoms. The van der Waals surface area contributed by atoms with Crippen molar-refractivity contribution in [1.29, 1.82) is 0 Å². The van der Waals surface area contributed by atoms with Gasteiger partial charge < -0.3 is 9.47 Å². The number of esters is 1. The largest absolute Gasteiger partial charge is 0.463 e. The van der Waals surface area contributed by atoms with Crippen molar-refractivity contribution in [2.45, 2.75) is 6.92 Å². The summed E-state index contributed by atoms with van der Waals surface area (Å²) in [4.78, 5) is 20.4. The van der Waals surface area contributed by atoms with Gasteiger partial charge in [0.15, 0.2) is 17.4 Å². The Morgan fingerprint density at radius 3 is 2.65 bits per heavy atom. The fourth-order valence-corrected chi connectivity index (χ4v) is 3.55. The topological polar surface area (TPSA) is 61.3 Å². The van der Waals surface area contributed by atoms with Crippen molar-refractivity contribution >= 4 is 33.6 Å². The monoisotopic (exact) mass is 438 g/mol. The molecule has 0 fully saturated rings. The first kappa shape index (κ1) is 20.6. The molecule has 31 heavy (non-hydrogen) atoms. The van der Waals surface area contributed by atoms with E-state index in [0.717, 1.165) is 17.7 Å². The van der Waals surface area contributed by atoms with Crippen LogP contribution in [0.4, 0.5) is 8.78 Å². The van der Waals surface area contributed by atoms with E-state index < -0.39 is 17.6 Å². The summed E-state index contributed by atoms with van der Waals surface area (Å²) in [6, 6.07) is 12.1. The molecule has 0 aliphatic heterocycles. The molecule has 0 atom stereocenters. The summed E-state index contributed by atoms with van der Waals surface area (Å²) in [5, 5.41) is 1.83. The molecule has 2 aromatic carbocycles. The SMILES string of the molecule is CCOC(=O)/C=C/c1ccc(-c2nc(Oc3ccc(F)cc3F)c3sccc3n2)cc1. The highest BCUT2D eigenvalue weighted by molar-refractivity contribution is 7.17. The van der Waals surface area contributed by atoms with Crippen LogP contribution in [0.25, 0.3) is 27.7 Å². The van der Waals surface area contributed by atoms with Gasteiger partial charge in [0, 0.05) is 17.7 Å². The number of carbonyl (C=O) groups is 1. The van der Waals surface area contributed by atoms with E-state index in [9.17, 15) is 13.6 Å². The zero-order valence-corrected chi connectivity index (χ0v) is 17.2. The molecule has 0 N–H and O–H groups in total. The second-order valence-corrected chi connectivity index (χ2v) is 7.29. The zero-order chi connectivity index (χ0) is 21.8. The summed E-state index contributed by atoms with van der Waals surface area (Å²) in [6.07, 6.45) is 3.01.